The lowest BCUT2D eigenvalue weighted by Gasteiger charge is -2.27. The quantitative estimate of drug-likeness (QED) is 0.625. The number of hydrazone groups is 1. The highest BCUT2D eigenvalue weighted by molar-refractivity contribution is 7.17. The van der Waals surface area contributed by atoms with Gasteiger partial charge in [0, 0.05) is 18.0 Å². The number of anilines is 1. The summed E-state index contributed by atoms with van der Waals surface area (Å²) in [6, 6.07) is 9.98. The van der Waals surface area contributed by atoms with Crippen molar-refractivity contribution in [2.45, 2.75) is 13.8 Å². The first kappa shape index (κ1) is 18.4. The first-order valence-electron chi connectivity index (χ1n) is 8.56. The van der Waals surface area contributed by atoms with E-state index in [1.807, 2.05) is 38.1 Å². The first-order chi connectivity index (χ1) is 12.6. The van der Waals surface area contributed by atoms with E-state index in [9.17, 15) is 4.79 Å². The maximum atomic E-state index is 11.9. The summed E-state index contributed by atoms with van der Waals surface area (Å²) in [6.07, 6.45) is 1.66. The monoisotopic (exact) mass is 373 g/mol. The van der Waals surface area contributed by atoms with Crippen molar-refractivity contribution < 1.29 is 14.3 Å². The Morgan fingerprint density at radius 1 is 1.31 bits per heavy atom. The molecule has 0 bridgehead atoms. The van der Waals surface area contributed by atoms with Crippen molar-refractivity contribution in [1.82, 2.24) is 5.43 Å². The Kier molecular flexibility index (Phi) is 6.25. The largest absolute Gasteiger partial charge is 0.483 e. The number of nitrogens with one attached hydrogen (secondary N) is 1. The number of morpholine rings is 1. The molecule has 2 heterocycles. The summed E-state index contributed by atoms with van der Waals surface area (Å²) < 4.78 is 10.9. The van der Waals surface area contributed by atoms with Gasteiger partial charge in [-0.1, -0.05) is 12.1 Å². The standard InChI is InChI=1S/C19H23N3O3S/c1-14-3-4-15(2)17(11-14)25-13-18(23)21-20-12-16-5-6-19(26-16)22-7-9-24-10-8-22/h3-6,11-12H,7-10,13H2,1-2H3,(H,21,23)/b20-12+. The first-order valence-corrected chi connectivity index (χ1v) is 9.38. The molecule has 0 saturated carbocycles. The van der Waals surface area contributed by atoms with Crippen LogP contribution in [-0.2, 0) is 9.53 Å². The molecule has 1 saturated heterocycles. The molecule has 0 aliphatic carbocycles. The minimum absolute atomic E-state index is 0.0644. The fourth-order valence-corrected chi connectivity index (χ4v) is 3.50. The van der Waals surface area contributed by atoms with E-state index in [2.05, 4.69) is 21.5 Å². The molecule has 26 heavy (non-hydrogen) atoms. The molecule has 0 spiro atoms. The normalized spacial score (nSPS) is 14.6. The van der Waals surface area contributed by atoms with E-state index < -0.39 is 0 Å². The average Bonchev–Trinajstić information content (AvgIpc) is 3.12. The van der Waals surface area contributed by atoms with Crippen LogP contribution in [0.4, 0.5) is 5.00 Å². The zero-order valence-corrected chi connectivity index (χ0v) is 15.8. The van der Waals surface area contributed by atoms with Gasteiger partial charge in [-0.05, 0) is 43.2 Å². The van der Waals surface area contributed by atoms with E-state index in [-0.39, 0.29) is 12.5 Å². The highest BCUT2D eigenvalue weighted by atomic mass is 32.1. The average molecular weight is 373 g/mol. The van der Waals surface area contributed by atoms with Gasteiger partial charge in [-0.25, -0.2) is 5.43 Å². The van der Waals surface area contributed by atoms with Crippen LogP contribution in [0.1, 0.15) is 16.0 Å². The van der Waals surface area contributed by atoms with Gasteiger partial charge in [-0.2, -0.15) is 5.10 Å². The number of aryl methyl sites for hydroxylation is 2. The summed E-state index contributed by atoms with van der Waals surface area (Å²) in [6.45, 7) is 7.21. The Balaban J connectivity index is 1.46. The van der Waals surface area contributed by atoms with E-state index in [1.54, 1.807) is 17.6 Å². The van der Waals surface area contributed by atoms with Crippen LogP contribution in [-0.4, -0.2) is 45.0 Å². The van der Waals surface area contributed by atoms with Crippen molar-refractivity contribution in [2.75, 3.05) is 37.8 Å². The second-order valence-electron chi connectivity index (χ2n) is 6.13. The maximum absolute atomic E-state index is 11.9. The third kappa shape index (κ3) is 5.06. The number of hydrogen-bond donors (Lipinski definition) is 1. The van der Waals surface area contributed by atoms with Crippen molar-refractivity contribution in [2.24, 2.45) is 5.10 Å². The maximum Gasteiger partial charge on any atom is 0.277 e. The van der Waals surface area contributed by atoms with Crippen LogP contribution < -0.4 is 15.1 Å². The second kappa shape index (κ2) is 8.82. The van der Waals surface area contributed by atoms with Gasteiger partial charge in [0.25, 0.3) is 5.91 Å². The van der Waals surface area contributed by atoms with Gasteiger partial charge in [-0.15, -0.1) is 11.3 Å². The van der Waals surface area contributed by atoms with Gasteiger partial charge in [-0.3, -0.25) is 4.79 Å². The predicted octanol–water partition coefficient (Wildman–Crippen LogP) is 2.73. The van der Waals surface area contributed by atoms with Crippen molar-refractivity contribution in [3.8, 4) is 5.75 Å². The third-order valence-electron chi connectivity index (χ3n) is 4.02. The highest BCUT2D eigenvalue weighted by Crippen LogP contribution is 2.25. The molecule has 1 fully saturated rings. The summed E-state index contributed by atoms with van der Waals surface area (Å²) in [7, 11) is 0. The van der Waals surface area contributed by atoms with Crippen LogP contribution in [0.25, 0.3) is 0 Å². The molecule has 3 rings (SSSR count). The number of carbonyl (C=O) groups excluding carboxylic acids is 1. The molecular weight excluding hydrogens is 350 g/mol. The van der Waals surface area contributed by atoms with Crippen LogP contribution in [0.2, 0.25) is 0 Å². The van der Waals surface area contributed by atoms with Crippen molar-refractivity contribution in [1.29, 1.82) is 0 Å². The summed E-state index contributed by atoms with van der Waals surface area (Å²) in [5, 5.41) is 5.21. The zero-order chi connectivity index (χ0) is 18.4. The Labute approximate surface area is 157 Å². The highest BCUT2D eigenvalue weighted by Gasteiger charge is 2.12. The number of rotatable bonds is 6. The van der Waals surface area contributed by atoms with E-state index in [1.165, 1.54) is 5.00 Å². The minimum atomic E-state index is -0.285. The topological polar surface area (TPSA) is 63.2 Å². The van der Waals surface area contributed by atoms with Gasteiger partial charge >= 0.3 is 0 Å². The van der Waals surface area contributed by atoms with Gasteiger partial charge in [0.15, 0.2) is 6.61 Å². The molecule has 1 N–H and O–H groups in total. The molecule has 0 radical (unpaired) electrons. The fraction of sp³-hybridized carbons (Fsp3) is 0.368. The fourth-order valence-electron chi connectivity index (χ4n) is 2.57. The molecule has 1 aliphatic rings. The molecule has 1 aromatic carbocycles. The van der Waals surface area contributed by atoms with Gasteiger partial charge < -0.3 is 14.4 Å². The molecular formula is C19H23N3O3S. The summed E-state index contributed by atoms with van der Waals surface area (Å²) in [4.78, 5) is 15.2. The summed E-state index contributed by atoms with van der Waals surface area (Å²) in [5.41, 5.74) is 4.60. The van der Waals surface area contributed by atoms with Crippen molar-refractivity contribution >= 4 is 28.5 Å². The second-order valence-corrected chi connectivity index (χ2v) is 7.22. The minimum Gasteiger partial charge on any atom is -0.483 e. The van der Waals surface area contributed by atoms with Gasteiger partial charge in [0.05, 0.1) is 24.4 Å². The van der Waals surface area contributed by atoms with Crippen LogP contribution in [0.3, 0.4) is 0 Å². The van der Waals surface area contributed by atoms with E-state index >= 15 is 0 Å². The predicted molar refractivity (Wildman–Crippen MR) is 104 cm³/mol. The molecule has 2 aromatic rings. The Morgan fingerprint density at radius 2 is 2.12 bits per heavy atom. The van der Waals surface area contributed by atoms with Gasteiger partial charge in [0.1, 0.15) is 5.75 Å². The molecule has 1 aromatic heterocycles. The Hall–Kier alpha value is -2.38. The number of amides is 1. The third-order valence-corrected chi connectivity index (χ3v) is 5.10. The smallest absolute Gasteiger partial charge is 0.277 e. The molecule has 0 atom stereocenters. The van der Waals surface area contributed by atoms with Crippen LogP contribution in [0.15, 0.2) is 35.4 Å². The van der Waals surface area contributed by atoms with E-state index in [0.29, 0.717) is 0 Å². The van der Waals surface area contributed by atoms with Crippen molar-refractivity contribution in [3.63, 3.8) is 0 Å². The molecule has 138 valence electrons. The summed E-state index contributed by atoms with van der Waals surface area (Å²) >= 11 is 1.64. The van der Waals surface area contributed by atoms with Crippen LogP contribution in [0, 0.1) is 13.8 Å². The number of carbonyl (C=O) groups is 1. The lowest BCUT2D eigenvalue weighted by Crippen LogP contribution is -2.35. The molecule has 6 nitrogen and oxygen atoms in total. The molecule has 1 amide bonds. The lowest BCUT2D eigenvalue weighted by molar-refractivity contribution is -0.123. The molecule has 7 heteroatoms. The number of hydrogen-bond acceptors (Lipinski definition) is 6. The van der Waals surface area contributed by atoms with Gasteiger partial charge in [0.2, 0.25) is 0 Å². The number of thiophene rings is 1. The number of ether oxygens (including phenoxy) is 2. The SMILES string of the molecule is Cc1ccc(C)c(OCC(=O)N/N=C/c2ccc(N3CCOCC3)s2)c1. The van der Waals surface area contributed by atoms with Crippen LogP contribution >= 0.6 is 11.3 Å². The number of benzene rings is 1. The van der Waals surface area contributed by atoms with E-state index in [4.69, 9.17) is 9.47 Å². The molecule has 0 unspecified atom stereocenters. The van der Waals surface area contributed by atoms with E-state index in [0.717, 1.165) is 48.1 Å². The zero-order valence-electron chi connectivity index (χ0n) is 15.0. The Bertz CT molecular complexity index is 782. The molecule has 1 aliphatic heterocycles. The Morgan fingerprint density at radius 3 is 2.92 bits per heavy atom. The lowest BCUT2D eigenvalue weighted by atomic mass is 10.1. The van der Waals surface area contributed by atoms with Crippen LogP contribution in [0.5, 0.6) is 5.75 Å². The summed E-state index contributed by atoms with van der Waals surface area (Å²) in [5.74, 6) is 0.435. The number of nitrogens with zero attached hydrogens (tertiary/aromatic N) is 2. The van der Waals surface area contributed by atoms with Crippen molar-refractivity contribution in [3.05, 3.63) is 46.3 Å².